The number of amides is 1. The predicted molar refractivity (Wildman–Crippen MR) is 77.9 cm³/mol. The van der Waals surface area contributed by atoms with Gasteiger partial charge in [0.1, 0.15) is 6.17 Å². The zero-order valence-electron chi connectivity index (χ0n) is 11.6. The molecule has 2 heterocycles. The lowest BCUT2D eigenvalue weighted by Gasteiger charge is -2.40. The van der Waals surface area contributed by atoms with Crippen molar-refractivity contribution < 1.29 is 4.79 Å². The van der Waals surface area contributed by atoms with Gasteiger partial charge < -0.3 is 4.90 Å². The first-order chi connectivity index (χ1) is 9.16. The van der Waals surface area contributed by atoms with Gasteiger partial charge in [-0.25, -0.2) is 0 Å². The van der Waals surface area contributed by atoms with Crippen LogP contribution >= 0.6 is 11.3 Å². The van der Waals surface area contributed by atoms with Gasteiger partial charge in [0.05, 0.1) is 6.54 Å². The first-order valence-electron chi connectivity index (χ1n) is 7.24. The van der Waals surface area contributed by atoms with Crippen LogP contribution in [0.1, 0.15) is 44.2 Å². The van der Waals surface area contributed by atoms with Gasteiger partial charge in [0.25, 0.3) is 0 Å². The number of hydrogen-bond donors (Lipinski definition) is 1. The predicted octanol–water partition coefficient (Wildman–Crippen LogP) is 3.00. The summed E-state index contributed by atoms with van der Waals surface area (Å²) in [5.74, 6) is 1.68. The zero-order chi connectivity index (χ0) is 13.4. The highest BCUT2D eigenvalue weighted by atomic mass is 32.1. The molecule has 1 aromatic rings. The third kappa shape index (κ3) is 2.43. The minimum absolute atomic E-state index is 0.105. The van der Waals surface area contributed by atoms with Gasteiger partial charge >= 0.3 is 0 Å². The van der Waals surface area contributed by atoms with Crippen LogP contribution in [0.15, 0.2) is 17.5 Å². The van der Waals surface area contributed by atoms with E-state index in [0.717, 1.165) is 12.3 Å². The van der Waals surface area contributed by atoms with Gasteiger partial charge in [0, 0.05) is 10.9 Å². The fourth-order valence-electron chi connectivity index (χ4n) is 3.64. The molecule has 4 atom stereocenters. The highest BCUT2D eigenvalue weighted by Gasteiger charge is 2.40. The Morgan fingerprint density at radius 1 is 1.37 bits per heavy atom. The minimum atomic E-state index is 0.105. The summed E-state index contributed by atoms with van der Waals surface area (Å²) in [5, 5.41) is 5.46. The Balaban J connectivity index is 1.82. The van der Waals surface area contributed by atoms with Gasteiger partial charge in [-0.15, -0.1) is 11.3 Å². The van der Waals surface area contributed by atoms with Crippen LogP contribution in [0.3, 0.4) is 0 Å². The topological polar surface area (TPSA) is 32.3 Å². The first kappa shape index (κ1) is 13.1. The van der Waals surface area contributed by atoms with Crippen molar-refractivity contribution in [2.75, 3.05) is 6.54 Å². The summed E-state index contributed by atoms with van der Waals surface area (Å²) in [6.45, 7) is 5.12. The fraction of sp³-hybridized carbons (Fsp3) is 0.667. The van der Waals surface area contributed by atoms with Crippen molar-refractivity contribution in [3.8, 4) is 0 Å². The van der Waals surface area contributed by atoms with E-state index in [1.807, 2.05) is 0 Å². The zero-order valence-corrected chi connectivity index (χ0v) is 12.5. The Labute approximate surface area is 119 Å². The normalized spacial score (nSPS) is 35.9. The Morgan fingerprint density at radius 2 is 2.21 bits per heavy atom. The summed E-state index contributed by atoms with van der Waals surface area (Å²) in [6, 6.07) is 4.60. The van der Waals surface area contributed by atoms with E-state index in [4.69, 9.17) is 0 Å². The molecule has 1 amide bonds. The lowest BCUT2D eigenvalue weighted by molar-refractivity contribution is -0.132. The van der Waals surface area contributed by atoms with Gasteiger partial charge in [0.2, 0.25) is 5.91 Å². The SMILES string of the molecule is CC1CCC(N2C(=O)CNC2c2cccs2)C(C)C1. The molecular weight excluding hydrogens is 256 g/mol. The van der Waals surface area contributed by atoms with Crippen LogP contribution < -0.4 is 5.32 Å². The minimum Gasteiger partial charge on any atom is -0.318 e. The van der Waals surface area contributed by atoms with E-state index in [2.05, 4.69) is 41.6 Å². The third-order valence-electron chi connectivity index (χ3n) is 4.57. The average molecular weight is 278 g/mol. The number of carbonyl (C=O) groups is 1. The van der Waals surface area contributed by atoms with Crippen LogP contribution in [0.25, 0.3) is 0 Å². The monoisotopic (exact) mass is 278 g/mol. The van der Waals surface area contributed by atoms with Gasteiger partial charge in [0.15, 0.2) is 0 Å². The van der Waals surface area contributed by atoms with E-state index in [1.54, 1.807) is 11.3 Å². The van der Waals surface area contributed by atoms with E-state index < -0.39 is 0 Å². The molecule has 0 bridgehead atoms. The molecule has 1 aromatic heterocycles. The number of rotatable bonds is 2. The molecule has 3 rings (SSSR count). The van der Waals surface area contributed by atoms with Crippen LogP contribution in [0.5, 0.6) is 0 Å². The molecule has 1 saturated carbocycles. The van der Waals surface area contributed by atoms with Crippen LogP contribution in [-0.2, 0) is 4.79 Å². The van der Waals surface area contributed by atoms with Crippen molar-refractivity contribution in [2.24, 2.45) is 11.8 Å². The van der Waals surface area contributed by atoms with Crippen LogP contribution in [-0.4, -0.2) is 23.4 Å². The molecule has 1 aliphatic carbocycles. The molecule has 2 aliphatic rings. The molecule has 3 nitrogen and oxygen atoms in total. The van der Waals surface area contributed by atoms with Crippen molar-refractivity contribution in [2.45, 2.75) is 45.3 Å². The van der Waals surface area contributed by atoms with Crippen molar-refractivity contribution in [1.82, 2.24) is 10.2 Å². The molecule has 4 unspecified atom stereocenters. The molecule has 1 saturated heterocycles. The first-order valence-corrected chi connectivity index (χ1v) is 8.12. The summed E-state index contributed by atoms with van der Waals surface area (Å²) >= 11 is 1.74. The summed E-state index contributed by atoms with van der Waals surface area (Å²) in [7, 11) is 0. The molecule has 2 fully saturated rings. The molecule has 104 valence electrons. The highest BCUT2D eigenvalue weighted by Crippen LogP contribution is 2.37. The van der Waals surface area contributed by atoms with Gasteiger partial charge in [-0.2, -0.15) is 0 Å². The molecule has 0 spiro atoms. The Hall–Kier alpha value is -0.870. The van der Waals surface area contributed by atoms with E-state index in [9.17, 15) is 4.79 Å². The lowest BCUT2D eigenvalue weighted by atomic mass is 9.79. The summed E-state index contributed by atoms with van der Waals surface area (Å²) in [6.07, 6.45) is 3.74. The Morgan fingerprint density at radius 3 is 2.89 bits per heavy atom. The Kier molecular flexibility index (Phi) is 3.63. The highest BCUT2D eigenvalue weighted by molar-refractivity contribution is 7.10. The van der Waals surface area contributed by atoms with Crippen molar-refractivity contribution >= 4 is 17.2 Å². The average Bonchev–Trinajstić information content (AvgIpc) is 2.99. The smallest absolute Gasteiger partial charge is 0.238 e. The second-order valence-corrected chi connectivity index (χ2v) is 7.04. The standard InChI is InChI=1S/C15H22N2OS/c1-10-5-6-12(11(2)8-10)17-14(18)9-16-15(17)13-4-3-7-19-13/h3-4,7,10-12,15-16H,5-6,8-9H2,1-2H3. The van der Waals surface area contributed by atoms with Crippen molar-refractivity contribution in [3.05, 3.63) is 22.4 Å². The van der Waals surface area contributed by atoms with Crippen molar-refractivity contribution in [3.63, 3.8) is 0 Å². The quantitative estimate of drug-likeness (QED) is 0.902. The molecule has 1 aliphatic heterocycles. The number of thiophene rings is 1. The van der Waals surface area contributed by atoms with Crippen molar-refractivity contribution in [1.29, 1.82) is 0 Å². The van der Waals surface area contributed by atoms with Crippen LogP contribution in [0.2, 0.25) is 0 Å². The number of hydrogen-bond acceptors (Lipinski definition) is 3. The number of nitrogens with one attached hydrogen (secondary N) is 1. The third-order valence-corrected chi connectivity index (χ3v) is 5.49. The van der Waals surface area contributed by atoms with E-state index >= 15 is 0 Å². The maximum absolute atomic E-state index is 12.3. The van der Waals surface area contributed by atoms with Gasteiger partial charge in [-0.1, -0.05) is 19.9 Å². The van der Waals surface area contributed by atoms with E-state index in [0.29, 0.717) is 18.5 Å². The number of carbonyl (C=O) groups excluding carboxylic acids is 1. The Bertz CT molecular complexity index is 445. The molecule has 1 N–H and O–H groups in total. The second-order valence-electron chi connectivity index (χ2n) is 6.06. The van der Waals surface area contributed by atoms with Crippen LogP contribution in [0.4, 0.5) is 0 Å². The summed E-state index contributed by atoms with van der Waals surface area (Å²) < 4.78 is 0. The number of nitrogens with zero attached hydrogens (tertiary/aromatic N) is 1. The molecule has 0 aromatic carbocycles. The maximum Gasteiger partial charge on any atom is 0.238 e. The molecule has 0 radical (unpaired) electrons. The van der Waals surface area contributed by atoms with E-state index in [-0.39, 0.29) is 12.1 Å². The second kappa shape index (κ2) is 5.25. The molecule has 19 heavy (non-hydrogen) atoms. The summed E-state index contributed by atoms with van der Waals surface area (Å²) in [4.78, 5) is 15.7. The molecule has 4 heteroatoms. The fourth-order valence-corrected chi connectivity index (χ4v) is 4.44. The van der Waals surface area contributed by atoms with Crippen LogP contribution in [0, 0.1) is 11.8 Å². The van der Waals surface area contributed by atoms with E-state index in [1.165, 1.54) is 17.7 Å². The summed E-state index contributed by atoms with van der Waals surface area (Å²) in [5.41, 5.74) is 0. The largest absolute Gasteiger partial charge is 0.318 e. The molecular formula is C15H22N2OS. The van der Waals surface area contributed by atoms with Gasteiger partial charge in [-0.3, -0.25) is 10.1 Å². The lowest BCUT2D eigenvalue weighted by Crippen LogP contribution is -2.45. The van der Waals surface area contributed by atoms with Gasteiger partial charge in [-0.05, 0) is 42.5 Å². The maximum atomic E-state index is 12.3.